The van der Waals surface area contributed by atoms with Gasteiger partial charge in [0.15, 0.2) is 0 Å². The van der Waals surface area contributed by atoms with Crippen molar-refractivity contribution in [3.8, 4) is 0 Å². The lowest BCUT2D eigenvalue weighted by molar-refractivity contribution is -0.124. The smallest absolute Gasteiger partial charge is 0.222 e. The Kier molecular flexibility index (Phi) is 6.33. The number of amides is 1. The third-order valence-electron chi connectivity index (χ3n) is 5.98. The first-order valence-corrected chi connectivity index (χ1v) is 10.4. The molecule has 0 bridgehead atoms. The molecule has 6 heteroatoms. The van der Waals surface area contributed by atoms with Gasteiger partial charge in [-0.05, 0) is 61.2 Å². The molecule has 4 rings (SSSR count). The van der Waals surface area contributed by atoms with Crippen molar-refractivity contribution in [1.29, 1.82) is 0 Å². The molecule has 2 aromatic heterocycles. The van der Waals surface area contributed by atoms with Crippen LogP contribution in [0.25, 0.3) is 0 Å². The zero-order valence-electron chi connectivity index (χ0n) is 16.9. The van der Waals surface area contributed by atoms with Gasteiger partial charge in [-0.1, -0.05) is 12.1 Å². The summed E-state index contributed by atoms with van der Waals surface area (Å²) < 4.78 is 26.6. The van der Waals surface area contributed by atoms with Crippen LogP contribution in [0.2, 0.25) is 0 Å². The van der Waals surface area contributed by atoms with Gasteiger partial charge in [0, 0.05) is 38.1 Å². The van der Waals surface area contributed by atoms with Crippen LogP contribution < -0.4 is 5.32 Å². The average molecular weight is 410 g/mol. The number of ether oxygens (including phenoxy) is 1. The highest BCUT2D eigenvalue weighted by Crippen LogP contribution is 2.33. The minimum Gasteiger partial charge on any atom is -0.469 e. The van der Waals surface area contributed by atoms with Gasteiger partial charge >= 0.3 is 0 Å². The van der Waals surface area contributed by atoms with E-state index in [1.54, 1.807) is 18.4 Å². The fourth-order valence-electron chi connectivity index (χ4n) is 4.30. The van der Waals surface area contributed by atoms with Crippen LogP contribution in [0.15, 0.2) is 71.6 Å². The summed E-state index contributed by atoms with van der Waals surface area (Å²) in [5.74, 6) is 0.534. The second-order valence-corrected chi connectivity index (χ2v) is 7.86. The maximum atomic E-state index is 13.3. The Labute approximate surface area is 175 Å². The number of halogens is 1. The first kappa shape index (κ1) is 20.4. The van der Waals surface area contributed by atoms with Gasteiger partial charge in [0.1, 0.15) is 11.6 Å². The number of nitrogens with zero attached hydrogens (tertiary/aromatic N) is 1. The molecule has 158 valence electrons. The van der Waals surface area contributed by atoms with Gasteiger partial charge in [-0.3, -0.25) is 4.79 Å². The number of hydrogen-bond acceptors (Lipinski definition) is 3. The highest BCUT2D eigenvalue weighted by molar-refractivity contribution is 5.77. The summed E-state index contributed by atoms with van der Waals surface area (Å²) in [4.78, 5) is 12.8. The van der Waals surface area contributed by atoms with Gasteiger partial charge < -0.3 is 19.0 Å². The van der Waals surface area contributed by atoms with Crippen molar-refractivity contribution >= 4 is 5.91 Å². The molecule has 1 atom stereocenters. The molecule has 1 aliphatic rings. The van der Waals surface area contributed by atoms with E-state index in [9.17, 15) is 9.18 Å². The van der Waals surface area contributed by atoms with Crippen molar-refractivity contribution in [2.75, 3.05) is 19.8 Å². The largest absolute Gasteiger partial charge is 0.469 e. The Bertz CT molecular complexity index is 914. The molecular formula is C24H27FN2O3. The molecule has 1 aliphatic heterocycles. The molecule has 1 saturated heterocycles. The standard InChI is InChI=1S/C24H27FN2O3/c25-20-7-5-19(6-8-20)21(22-4-3-15-30-22)9-12-26-23(28)18-24(10-16-29-17-11-24)27-13-1-2-14-27/h1-8,13-15,21H,9-12,16-18H2,(H,26,28)/t21-/m0/s1. The number of aromatic nitrogens is 1. The van der Waals surface area contributed by atoms with Crippen molar-refractivity contribution in [2.24, 2.45) is 0 Å². The Balaban J connectivity index is 1.39. The van der Waals surface area contributed by atoms with Gasteiger partial charge in [0.05, 0.1) is 18.2 Å². The third-order valence-corrected chi connectivity index (χ3v) is 5.98. The van der Waals surface area contributed by atoms with E-state index in [2.05, 4.69) is 9.88 Å². The number of furan rings is 1. The summed E-state index contributed by atoms with van der Waals surface area (Å²) in [5, 5.41) is 3.08. The maximum Gasteiger partial charge on any atom is 0.222 e. The SMILES string of the molecule is O=C(CC1(n2cccc2)CCOCC1)NCC[C@@H](c1ccc(F)cc1)c1ccco1. The summed E-state index contributed by atoms with van der Waals surface area (Å²) in [6, 6.07) is 14.2. The van der Waals surface area contributed by atoms with E-state index in [1.807, 2.05) is 36.7 Å². The van der Waals surface area contributed by atoms with Crippen LogP contribution in [0.1, 0.15) is 42.9 Å². The first-order chi connectivity index (χ1) is 14.7. The summed E-state index contributed by atoms with van der Waals surface area (Å²) >= 11 is 0. The molecule has 1 fully saturated rings. The minimum absolute atomic E-state index is 0.0305. The summed E-state index contributed by atoms with van der Waals surface area (Å²) in [7, 11) is 0. The summed E-state index contributed by atoms with van der Waals surface area (Å²) in [6.07, 6.45) is 8.42. The fraction of sp³-hybridized carbons (Fsp3) is 0.375. The van der Waals surface area contributed by atoms with E-state index in [4.69, 9.17) is 9.15 Å². The zero-order valence-corrected chi connectivity index (χ0v) is 16.9. The van der Waals surface area contributed by atoms with Gasteiger partial charge in [0.25, 0.3) is 0 Å². The number of benzene rings is 1. The molecule has 1 amide bonds. The van der Waals surface area contributed by atoms with Crippen molar-refractivity contribution < 1.29 is 18.3 Å². The van der Waals surface area contributed by atoms with Crippen LogP contribution in [-0.2, 0) is 15.1 Å². The van der Waals surface area contributed by atoms with Crippen LogP contribution in [0, 0.1) is 5.82 Å². The van der Waals surface area contributed by atoms with Crippen LogP contribution in [0.3, 0.4) is 0 Å². The van der Waals surface area contributed by atoms with Crippen molar-refractivity contribution in [3.05, 3.63) is 84.3 Å². The molecule has 0 unspecified atom stereocenters. The van der Waals surface area contributed by atoms with Gasteiger partial charge in [-0.15, -0.1) is 0 Å². The van der Waals surface area contributed by atoms with Crippen LogP contribution in [0.5, 0.6) is 0 Å². The van der Waals surface area contributed by atoms with Crippen molar-refractivity contribution in [1.82, 2.24) is 9.88 Å². The van der Waals surface area contributed by atoms with Crippen LogP contribution >= 0.6 is 0 Å². The highest BCUT2D eigenvalue weighted by atomic mass is 19.1. The quantitative estimate of drug-likeness (QED) is 0.597. The normalized spacial score (nSPS) is 16.8. The second kappa shape index (κ2) is 9.30. The molecule has 30 heavy (non-hydrogen) atoms. The van der Waals surface area contributed by atoms with E-state index in [-0.39, 0.29) is 23.2 Å². The van der Waals surface area contributed by atoms with Gasteiger partial charge in [-0.2, -0.15) is 0 Å². The monoisotopic (exact) mass is 410 g/mol. The molecule has 1 N–H and O–H groups in total. The fourth-order valence-corrected chi connectivity index (χ4v) is 4.30. The molecule has 0 aliphatic carbocycles. The molecule has 3 aromatic rings. The number of hydrogen-bond donors (Lipinski definition) is 1. The predicted molar refractivity (Wildman–Crippen MR) is 112 cm³/mol. The maximum absolute atomic E-state index is 13.3. The Morgan fingerprint density at radius 1 is 1.10 bits per heavy atom. The Morgan fingerprint density at radius 3 is 2.50 bits per heavy atom. The van der Waals surface area contributed by atoms with Crippen LogP contribution in [-0.4, -0.2) is 30.2 Å². The van der Waals surface area contributed by atoms with Crippen LogP contribution in [0.4, 0.5) is 4.39 Å². The Morgan fingerprint density at radius 2 is 1.83 bits per heavy atom. The lowest BCUT2D eigenvalue weighted by Gasteiger charge is -2.38. The molecule has 5 nitrogen and oxygen atoms in total. The highest BCUT2D eigenvalue weighted by Gasteiger charge is 2.36. The lowest BCUT2D eigenvalue weighted by atomic mass is 9.85. The van der Waals surface area contributed by atoms with Gasteiger partial charge in [-0.25, -0.2) is 4.39 Å². The third kappa shape index (κ3) is 4.65. The molecule has 1 aromatic carbocycles. The Hall–Kier alpha value is -2.86. The van der Waals surface area contributed by atoms with Gasteiger partial charge in [0.2, 0.25) is 5.91 Å². The predicted octanol–water partition coefficient (Wildman–Crippen LogP) is 4.45. The molecule has 0 radical (unpaired) electrons. The zero-order chi connectivity index (χ0) is 20.8. The number of carbonyl (C=O) groups is 1. The van der Waals surface area contributed by atoms with E-state index >= 15 is 0 Å². The molecule has 0 spiro atoms. The molecular weight excluding hydrogens is 383 g/mol. The van der Waals surface area contributed by atoms with E-state index < -0.39 is 0 Å². The van der Waals surface area contributed by atoms with E-state index in [1.165, 1.54) is 12.1 Å². The first-order valence-electron chi connectivity index (χ1n) is 10.4. The van der Waals surface area contributed by atoms with Crippen molar-refractivity contribution in [3.63, 3.8) is 0 Å². The van der Waals surface area contributed by atoms with Crippen molar-refractivity contribution in [2.45, 2.75) is 37.1 Å². The minimum atomic E-state index is -0.267. The molecule has 3 heterocycles. The van der Waals surface area contributed by atoms with E-state index in [0.29, 0.717) is 32.6 Å². The summed E-state index contributed by atoms with van der Waals surface area (Å²) in [6.45, 7) is 1.84. The molecule has 0 saturated carbocycles. The number of nitrogens with one attached hydrogen (secondary N) is 1. The average Bonchev–Trinajstić information content (AvgIpc) is 3.47. The van der Waals surface area contributed by atoms with E-state index in [0.717, 1.165) is 24.2 Å². The number of rotatable bonds is 8. The summed E-state index contributed by atoms with van der Waals surface area (Å²) in [5.41, 5.74) is 0.734. The lowest BCUT2D eigenvalue weighted by Crippen LogP contribution is -2.43. The number of carbonyl (C=O) groups excluding carboxylic acids is 1. The second-order valence-electron chi connectivity index (χ2n) is 7.86. The topological polar surface area (TPSA) is 56.4 Å².